The van der Waals surface area contributed by atoms with Crippen LogP contribution in [-0.2, 0) is 22.7 Å². The summed E-state index contributed by atoms with van der Waals surface area (Å²) in [6.45, 7) is 5.42. The molecule has 1 aromatic rings. The van der Waals surface area contributed by atoms with E-state index >= 15 is 0 Å². The third kappa shape index (κ3) is 4.07. The first-order valence-corrected chi connectivity index (χ1v) is 10.7. The fraction of sp³-hybridized carbons (Fsp3) is 0.591. The number of piperidine rings is 2. The molecule has 7 heteroatoms. The minimum absolute atomic E-state index is 0.114. The molecule has 2 fully saturated rings. The van der Waals surface area contributed by atoms with Crippen molar-refractivity contribution in [3.05, 3.63) is 34.9 Å². The van der Waals surface area contributed by atoms with Gasteiger partial charge in [-0.15, -0.1) is 0 Å². The smallest absolute Gasteiger partial charge is 0.255 e. The van der Waals surface area contributed by atoms with Crippen molar-refractivity contribution in [2.24, 2.45) is 11.7 Å². The molecule has 156 valence electrons. The summed E-state index contributed by atoms with van der Waals surface area (Å²) in [5.41, 5.74) is 8.57. The highest BCUT2D eigenvalue weighted by atomic mass is 16.2. The molecule has 2 saturated heterocycles. The van der Waals surface area contributed by atoms with Crippen LogP contribution in [0.5, 0.6) is 0 Å². The number of amides is 3. The van der Waals surface area contributed by atoms with Crippen molar-refractivity contribution < 1.29 is 14.4 Å². The molecule has 0 radical (unpaired) electrons. The van der Waals surface area contributed by atoms with E-state index < -0.39 is 6.04 Å². The number of nitrogens with one attached hydrogen (secondary N) is 1. The fourth-order valence-electron chi connectivity index (χ4n) is 5.01. The molecule has 0 aliphatic carbocycles. The van der Waals surface area contributed by atoms with Gasteiger partial charge < -0.3 is 10.6 Å². The summed E-state index contributed by atoms with van der Waals surface area (Å²) < 4.78 is 0. The molecule has 1 aromatic carbocycles. The van der Waals surface area contributed by atoms with E-state index in [1.807, 2.05) is 12.1 Å². The van der Waals surface area contributed by atoms with Crippen LogP contribution in [0.2, 0.25) is 0 Å². The number of likely N-dealkylation sites (tertiary alicyclic amines) is 1. The van der Waals surface area contributed by atoms with Gasteiger partial charge in [-0.2, -0.15) is 0 Å². The molecule has 0 aromatic heterocycles. The second kappa shape index (κ2) is 8.24. The van der Waals surface area contributed by atoms with Crippen molar-refractivity contribution in [1.82, 2.24) is 15.1 Å². The van der Waals surface area contributed by atoms with E-state index in [4.69, 9.17) is 5.73 Å². The quantitative estimate of drug-likeness (QED) is 0.731. The summed E-state index contributed by atoms with van der Waals surface area (Å²) in [4.78, 5) is 40.5. The van der Waals surface area contributed by atoms with Crippen LogP contribution in [0.15, 0.2) is 18.2 Å². The average molecular weight is 399 g/mol. The van der Waals surface area contributed by atoms with Gasteiger partial charge >= 0.3 is 0 Å². The predicted octanol–water partition coefficient (Wildman–Crippen LogP) is 1.40. The van der Waals surface area contributed by atoms with Crippen LogP contribution in [0.3, 0.4) is 0 Å². The first-order valence-electron chi connectivity index (χ1n) is 10.7. The van der Waals surface area contributed by atoms with Gasteiger partial charge in [0.05, 0.1) is 0 Å². The van der Waals surface area contributed by atoms with E-state index in [1.165, 1.54) is 18.4 Å². The Balaban J connectivity index is 1.43. The number of hydrogen-bond acceptors (Lipinski definition) is 5. The lowest BCUT2D eigenvalue weighted by Crippen LogP contribution is -2.52. The molecule has 7 nitrogen and oxygen atoms in total. The zero-order valence-electron chi connectivity index (χ0n) is 17.0. The minimum Gasteiger partial charge on any atom is -0.330 e. The minimum atomic E-state index is -0.558. The molecule has 0 bridgehead atoms. The Morgan fingerprint density at radius 1 is 1.21 bits per heavy atom. The summed E-state index contributed by atoms with van der Waals surface area (Å²) in [5, 5.41) is 2.35. The second-order valence-corrected chi connectivity index (χ2v) is 8.68. The summed E-state index contributed by atoms with van der Waals surface area (Å²) in [7, 11) is 0. The topological polar surface area (TPSA) is 95.7 Å². The lowest BCUT2D eigenvalue weighted by Gasteiger charge is -2.37. The monoisotopic (exact) mass is 398 g/mol. The standard InChI is InChI=1S/C22H30N4O3/c1-14-10-15(6-8-23)7-9-25(14)12-16-2-3-18-17(11-16)13-26(22(18)29)19-4-5-20(27)24-21(19)28/h2-3,11,14-15,19H,4-10,12-13,23H2,1H3,(H,24,27,28). The van der Waals surface area contributed by atoms with Gasteiger partial charge in [-0.25, -0.2) is 0 Å². The first kappa shape index (κ1) is 20.0. The van der Waals surface area contributed by atoms with Gasteiger partial charge in [-0.1, -0.05) is 12.1 Å². The maximum atomic E-state index is 12.8. The summed E-state index contributed by atoms with van der Waals surface area (Å²) >= 11 is 0. The molecule has 0 saturated carbocycles. The van der Waals surface area contributed by atoms with Crippen LogP contribution in [0, 0.1) is 5.92 Å². The predicted molar refractivity (Wildman–Crippen MR) is 109 cm³/mol. The number of fused-ring (bicyclic) bond motifs is 1. The van der Waals surface area contributed by atoms with E-state index in [2.05, 4.69) is 23.2 Å². The lowest BCUT2D eigenvalue weighted by atomic mass is 9.89. The largest absolute Gasteiger partial charge is 0.330 e. The Morgan fingerprint density at radius 3 is 2.76 bits per heavy atom. The van der Waals surface area contributed by atoms with Crippen LogP contribution in [-0.4, -0.2) is 52.7 Å². The van der Waals surface area contributed by atoms with Gasteiger partial charge in [0.25, 0.3) is 5.91 Å². The molecule has 3 amide bonds. The molecule has 3 heterocycles. The number of nitrogens with two attached hydrogens (primary N) is 1. The Morgan fingerprint density at radius 2 is 2.03 bits per heavy atom. The van der Waals surface area contributed by atoms with Gasteiger partial charge in [0, 0.05) is 31.1 Å². The number of imide groups is 1. The van der Waals surface area contributed by atoms with Crippen molar-refractivity contribution in [1.29, 1.82) is 0 Å². The van der Waals surface area contributed by atoms with E-state index in [1.54, 1.807) is 4.90 Å². The SMILES string of the molecule is CC1CC(CCN)CCN1Cc1ccc2c(c1)CN(C1CCC(=O)NC1=O)C2=O. The molecule has 3 aliphatic rings. The number of benzene rings is 1. The zero-order valence-corrected chi connectivity index (χ0v) is 17.0. The molecule has 29 heavy (non-hydrogen) atoms. The maximum absolute atomic E-state index is 12.8. The van der Waals surface area contributed by atoms with Gasteiger partial charge in [0.2, 0.25) is 11.8 Å². The van der Waals surface area contributed by atoms with Crippen molar-refractivity contribution >= 4 is 17.7 Å². The molecule has 3 N–H and O–H groups in total. The lowest BCUT2D eigenvalue weighted by molar-refractivity contribution is -0.136. The van der Waals surface area contributed by atoms with Crippen LogP contribution in [0.25, 0.3) is 0 Å². The molecular formula is C22H30N4O3. The molecule has 3 aliphatic heterocycles. The van der Waals surface area contributed by atoms with Crippen LogP contribution in [0.4, 0.5) is 0 Å². The molecule has 3 unspecified atom stereocenters. The molecule has 3 atom stereocenters. The normalized spacial score (nSPS) is 27.9. The highest BCUT2D eigenvalue weighted by Gasteiger charge is 2.39. The molecule has 4 rings (SSSR count). The Bertz CT molecular complexity index is 824. The van der Waals surface area contributed by atoms with E-state index in [-0.39, 0.29) is 24.1 Å². The highest BCUT2D eigenvalue weighted by Crippen LogP contribution is 2.30. The number of carbonyl (C=O) groups excluding carboxylic acids is 3. The first-order chi connectivity index (χ1) is 14.0. The third-order valence-corrected chi connectivity index (χ3v) is 6.67. The van der Waals surface area contributed by atoms with Gasteiger partial charge in [0.15, 0.2) is 0 Å². The van der Waals surface area contributed by atoms with Crippen molar-refractivity contribution in [2.45, 2.75) is 64.2 Å². The van der Waals surface area contributed by atoms with Gasteiger partial charge in [-0.3, -0.25) is 24.6 Å². The van der Waals surface area contributed by atoms with Crippen LogP contribution < -0.4 is 11.1 Å². The Hall–Kier alpha value is -2.25. The van der Waals surface area contributed by atoms with Crippen LogP contribution >= 0.6 is 0 Å². The number of hydrogen-bond donors (Lipinski definition) is 2. The van der Waals surface area contributed by atoms with Crippen molar-refractivity contribution in [3.63, 3.8) is 0 Å². The number of nitrogens with zero attached hydrogens (tertiary/aromatic N) is 2. The molecular weight excluding hydrogens is 368 g/mol. The highest BCUT2D eigenvalue weighted by molar-refractivity contribution is 6.05. The van der Waals surface area contributed by atoms with Crippen LogP contribution in [0.1, 0.15) is 60.5 Å². The Kier molecular flexibility index (Phi) is 5.69. The van der Waals surface area contributed by atoms with E-state index in [9.17, 15) is 14.4 Å². The second-order valence-electron chi connectivity index (χ2n) is 8.68. The number of carbonyl (C=O) groups is 3. The van der Waals surface area contributed by atoms with E-state index in [0.717, 1.165) is 37.5 Å². The summed E-state index contributed by atoms with van der Waals surface area (Å²) in [6, 6.07) is 6.00. The summed E-state index contributed by atoms with van der Waals surface area (Å²) in [5.74, 6) is -0.0122. The van der Waals surface area contributed by atoms with Crippen molar-refractivity contribution in [3.8, 4) is 0 Å². The van der Waals surface area contributed by atoms with E-state index in [0.29, 0.717) is 24.6 Å². The maximum Gasteiger partial charge on any atom is 0.255 e. The fourth-order valence-corrected chi connectivity index (χ4v) is 5.01. The Labute approximate surface area is 171 Å². The number of rotatable bonds is 5. The van der Waals surface area contributed by atoms with Gasteiger partial charge in [-0.05, 0) is 68.8 Å². The summed E-state index contributed by atoms with van der Waals surface area (Å²) in [6.07, 6.45) is 4.15. The zero-order chi connectivity index (χ0) is 20.5. The van der Waals surface area contributed by atoms with Crippen molar-refractivity contribution in [2.75, 3.05) is 13.1 Å². The molecule has 0 spiro atoms. The average Bonchev–Trinajstić information content (AvgIpc) is 3.00. The third-order valence-electron chi connectivity index (χ3n) is 6.67. The van der Waals surface area contributed by atoms with Gasteiger partial charge in [0.1, 0.15) is 6.04 Å².